The van der Waals surface area contributed by atoms with E-state index < -0.39 is 21.9 Å². The first kappa shape index (κ1) is 13.1. The van der Waals surface area contributed by atoms with Gasteiger partial charge in [-0.05, 0) is 25.0 Å². The van der Waals surface area contributed by atoms with Crippen molar-refractivity contribution in [1.29, 1.82) is 0 Å². The van der Waals surface area contributed by atoms with Crippen LogP contribution in [-0.2, 0) is 14.8 Å². The lowest BCUT2D eigenvalue weighted by Gasteiger charge is -2.34. The van der Waals surface area contributed by atoms with E-state index in [0.29, 0.717) is 30.8 Å². The van der Waals surface area contributed by atoms with Crippen LogP contribution in [0.15, 0.2) is 33.6 Å². The summed E-state index contributed by atoms with van der Waals surface area (Å²) in [4.78, 5) is 12.9. The van der Waals surface area contributed by atoms with E-state index in [2.05, 4.69) is 4.40 Å². The molecule has 106 valence electrons. The van der Waals surface area contributed by atoms with Gasteiger partial charge in [-0.2, -0.15) is 8.42 Å². The molecule has 1 saturated heterocycles. The molecule has 7 heteroatoms. The van der Waals surface area contributed by atoms with Crippen LogP contribution in [0.2, 0.25) is 0 Å². The third-order valence-corrected chi connectivity index (χ3v) is 4.99. The van der Waals surface area contributed by atoms with E-state index in [-0.39, 0.29) is 11.4 Å². The first-order chi connectivity index (χ1) is 9.49. The summed E-state index contributed by atoms with van der Waals surface area (Å²) in [5.41, 5.74) is 0.548. The van der Waals surface area contributed by atoms with Gasteiger partial charge in [-0.1, -0.05) is 12.1 Å². The van der Waals surface area contributed by atoms with Gasteiger partial charge in [0.1, 0.15) is 4.90 Å². The van der Waals surface area contributed by atoms with Gasteiger partial charge in [0.25, 0.3) is 10.0 Å². The molecular formula is C13H13N2O4S-. The molecule has 6 nitrogen and oxygen atoms in total. The standard InChI is InChI=1S/C13H14N2O4S/c16-13(17)9-4-3-7-15(8-9)12-10-5-1-2-6-11(10)20(18,19)14-12/h1-2,5-6,9H,3-4,7-8H2,(H,16,17)/p-1/t9-/m0/s1. The number of hydrogen-bond acceptors (Lipinski definition) is 5. The van der Waals surface area contributed by atoms with Gasteiger partial charge in [-0.15, -0.1) is 4.40 Å². The van der Waals surface area contributed by atoms with E-state index >= 15 is 0 Å². The number of benzene rings is 1. The predicted octanol–water partition coefficient (Wildman–Crippen LogP) is -0.403. The van der Waals surface area contributed by atoms with Gasteiger partial charge < -0.3 is 14.8 Å². The molecule has 1 fully saturated rings. The minimum Gasteiger partial charge on any atom is -0.550 e. The molecule has 1 atom stereocenters. The van der Waals surface area contributed by atoms with Crippen LogP contribution in [0, 0.1) is 5.92 Å². The molecule has 1 aromatic rings. The van der Waals surface area contributed by atoms with Crippen molar-refractivity contribution in [2.24, 2.45) is 10.3 Å². The Bertz CT molecular complexity index is 696. The molecule has 0 amide bonds. The summed E-state index contributed by atoms with van der Waals surface area (Å²) >= 11 is 0. The van der Waals surface area contributed by atoms with Crippen LogP contribution < -0.4 is 5.11 Å². The van der Waals surface area contributed by atoms with Crippen molar-refractivity contribution in [2.75, 3.05) is 13.1 Å². The SMILES string of the molecule is O=C([O-])[C@H]1CCCN(C2=NS(=O)(=O)c3ccccc32)C1. The molecular weight excluding hydrogens is 280 g/mol. The van der Waals surface area contributed by atoms with E-state index in [4.69, 9.17) is 0 Å². The summed E-state index contributed by atoms with van der Waals surface area (Å²) in [5.74, 6) is -1.32. The molecule has 2 heterocycles. The Morgan fingerprint density at radius 1 is 1.35 bits per heavy atom. The van der Waals surface area contributed by atoms with Crippen LogP contribution in [-0.4, -0.2) is 38.2 Å². The van der Waals surface area contributed by atoms with Crippen LogP contribution in [0.4, 0.5) is 0 Å². The number of likely N-dealkylation sites (tertiary alicyclic amines) is 1. The third-order valence-electron chi connectivity index (χ3n) is 3.67. The van der Waals surface area contributed by atoms with Crippen LogP contribution in [0.5, 0.6) is 0 Å². The summed E-state index contributed by atoms with van der Waals surface area (Å²) < 4.78 is 27.8. The van der Waals surface area contributed by atoms with Crippen LogP contribution in [0.1, 0.15) is 18.4 Å². The molecule has 0 radical (unpaired) electrons. The molecule has 0 unspecified atom stereocenters. The quantitative estimate of drug-likeness (QED) is 0.702. The highest BCUT2D eigenvalue weighted by atomic mass is 32.2. The van der Waals surface area contributed by atoms with E-state index in [1.807, 2.05) is 0 Å². The fraction of sp³-hybridized carbons (Fsp3) is 0.385. The van der Waals surface area contributed by atoms with Gasteiger partial charge in [0.15, 0.2) is 5.84 Å². The Morgan fingerprint density at radius 2 is 2.10 bits per heavy atom. The van der Waals surface area contributed by atoms with Gasteiger partial charge in [-0.25, -0.2) is 0 Å². The second-order valence-electron chi connectivity index (χ2n) is 4.99. The molecule has 0 saturated carbocycles. The van der Waals surface area contributed by atoms with Gasteiger partial charge in [0.2, 0.25) is 0 Å². The molecule has 0 spiro atoms. The summed E-state index contributed by atoms with van der Waals surface area (Å²) in [6.07, 6.45) is 1.24. The van der Waals surface area contributed by atoms with E-state index in [0.717, 1.165) is 0 Å². The van der Waals surface area contributed by atoms with Crippen LogP contribution in [0.25, 0.3) is 0 Å². The van der Waals surface area contributed by atoms with Gasteiger partial charge >= 0.3 is 0 Å². The maximum atomic E-state index is 12.0. The molecule has 3 rings (SSSR count). The lowest BCUT2D eigenvalue weighted by molar-refractivity contribution is -0.312. The van der Waals surface area contributed by atoms with Gasteiger partial charge in [-0.3, -0.25) is 0 Å². The van der Waals surface area contributed by atoms with Crippen molar-refractivity contribution in [3.05, 3.63) is 29.8 Å². The summed E-state index contributed by atoms with van der Waals surface area (Å²) in [5, 5.41) is 11.0. The zero-order chi connectivity index (χ0) is 14.3. The maximum Gasteiger partial charge on any atom is 0.285 e. The Balaban J connectivity index is 1.97. The second-order valence-corrected chi connectivity index (χ2v) is 6.56. The zero-order valence-electron chi connectivity index (χ0n) is 10.7. The largest absolute Gasteiger partial charge is 0.550 e. The molecule has 2 aliphatic rings. The second kappa shape index (κ2) is 4.59. The van der Waals surface area contributed by atoms with E-state index in [1.54, 1.807) is 23.1 Å². The molecule has 0 N–H and O–H groups in total. The average molecular weight is 293 g/mol. The number of aliphatic carboxylic acids is 1. The average Bonchev–Trinajstić information content (AvgIpc) is 2.72. The number of carbonyl (C=O) groups is 1. The predicted molar refractivity (Wildman–Crippen MR) is 69.5 cm³/mol. The molecule has 20 heavy (non-hydrogen) atoms. The van der Waals surface area contributed by atoms with Crippen molar-refractivity contribution in [3.63, 3.8) is 0 Å². The number of amidine groups is 1. The number of piperidine rings is 1. The normalized spacial score (nSPS) is 24.1. The molecule has 0 aromatic heterocycles. The van der Waals surface area contributed by atoms with Crippen molar-refractivity contribution in [2.45, 2.75) is 17.7 Å². The molecule has 0 aliphatic carbocycles. The minimum atomic E-state index is -3.66. The minimum absolute atomic E-state index is 0.186. The number of fused-ring (bicyclic) bond motifs is 1. The highest BCUT2D eigenvalue weighted by Gasteiger charge is 2.33. The van der Waals surface area contributed by atoms with Crippen molar-refractivity contribution < 1.29 is 18.3 Å². The monoisotopic (exact) mass is 293 g/mol. The number of carboxylic acids is 1. The number of sulfonamides is 1. The Morgan fingerprint density at radius 3 is 2.85 bits per heavy atom. The summed E-state index contributed by atoms with van der Waals surface area (Å²) in [6, 6.07) is 6.60. The third kappa shape index (κ3) is 2.07. The van der Waals surface area contributed by atoms with Crippen molar-refractivity contribution >= 4 is 21.8 Å². The Hall–Kier alpha value is -1.89. The van der Waals surface area contributed by atoms with Gasteiger partial charge in [0.05, 0.1) is 0 Å². The summed E-state index contributed by atoms with van der Waals surface area (Å²) in [6.45, 7) is 0.845. The maximum absolute atomic E-state index is 12.0. The van der Waals surface area contributed by atoms with Crippen LogP contribution in [0.3, 0.4) is 0 Å². The topological polar surface area (TPSA) is 89.9 Å². The number of nitrogens with zero attached hydrogens (tertiary/aromatic N) is 2. The van der Waals surface area contributed by atoms with Crippen molar-refractivity contribution in [3.8, 4) is 0 Å². The number of carboxylic acid groups (broad SMARTS) is 1. The van der Waals surface area contributed by atoms with Crippen LogP contribution >= 0.6 is 0 Å². The summed E-state index contributed by atoms with van der Waals surface area (Å²) in [7, 11) is -3.66. The smallest absolute Gasteiger partial charge is 0.285 e. The Labute approximate surface area is 116 Å². The lowest BCUT2D eigenvalue weighted by Crippen LogP contribution is -2.46. The van der Waals surface area contributed by atoms with Crippen molar-refractivity contribution in [1.82, 2.24) is 4.90 Å². The number of carbonyl (C=O) groups excluding carboxylic acids is 1. The number of rotatable bonds is 1. The fourth-order valence-corrected chi connectivity index (χ4v) is 3.91. The fourth-order valence-electron chi connectivity index (χ4n) is 2.68. The van der Waals surface area contributed by atoms with Gasteiger partial charge in [0, 0.05) is 30.5 Å². The van der Waals surface area contributed by atoms with E-state index in [9.17, 15) is 18.3 Å². The molecule has 0 bridgehead atoms. The highest BCUT2D eigenvalue weighted by molar-refractivity contribution is 7.90. The van der Waals surface area contributed by atoms with E-state index in [1.165, 1.54) is 6.07 Å². The first-order valence-electron chi connectivity index (χ1n) is 6.39. The zero-order valence-corrected chi connectivity index (χ0v) is 11.5. The highest BCUT2D eigenvalue weighted by Crippen LogP contribution is 2.29. The Kier molecular flexibility index (Phi) is 3.01. The molecule has 1 aromatic carbocycles. The lowest BCUT2D eigenvalue weighted by atomic mass is 9.97. The molecule has 2 aliphatic heterocycles. The number of hydrogen-bond donors (Lipinski definition) is 0. The first-order valence-corrected chi connectivity index (χ1v) is 7.83.